The number of nitrogens with zero attached hydrogens (tertiary/aromatic N) is 1. The smallest absolute Gasteiger partial charge is 0.262 e. The number of carbonyl (C=O) groups excluding carboxylic acids is 1. The molecule has 0 atom stereocenters. The number of anilines is 1. The van der Waals surface area contributed by atoms with Gasteiger partial charge >= 0.3 is 0 Å². The Morgan fingerprint density at radius 3 is 2.38 bits per heavy atom. The van der Waals surface area contributed by atoms with Crippen molar-refractivity contribution in [1.29, 1.82) is 0 Å². The summed E-state index contributed by atoms with van der Waals surface area (Å²) >= 11 is 1.64. The van der Waals surface area contributed by atoms with E-state index in [-0.39, 0.29) is 5.82 Å². The second-order valence-electron chi connectivity index (χ2n) is 6.52. The highest BCUT2D eigenvalue weighted by Gasteiger charge is 2.17. The number of thiophene rings is 1. The van der Waals surface area contributed by atoms with Crippen LogP contribution in [-0.2, 0) is 0 Å². The van der Waals surface area contributed by atoms with Gasteiger partial charge in [0.25, 0.3) is 5.91 Å². The summed E-state index contributed by atoms with van der Waals surface area (Å²) in [5, 5.41) is 6.56. The topological polar surface area (TPSA) is 42.0 Å². The minimum absolute atomic E-state index is 0.216. The zero-order valence-electron chi connectivity index (χ0n) is 15.4. The van der Waals surface area contributed by atoms with Gasteiger partial charge in [0.05, 0.1) is 0 Å². The molecule has 4 rings (SSSR count). The maximum Gasteiger partial charge on any atom is 0.262 e. The number of amides is 1. The lowest BCUT2D eigenvalue weighted by molar-refractivity contribution is 0.101. The van der Waals surface area contributed by atoms with Crippen LogP contribution in [-0.4, -0.2) is 10.9 Å². The van der Waals surface area contributed by atoms with Gasteiger partial charge in [0, 0.05) is 11.8 Å². The molecule has 0 spiro atoms. The lowest BCUT2D eigenvalue weighted by atomic mass is 9.97. The molecule has 0 saturated heterocycles. The Morgan fingerprint density at radius 2 is 1.72 bits per heavy atom. The Bertz CT molecular complexity index is 1150. The Labute approximate surface area is 170 Å². The standard InChI is InChI=1S/C23H16F2N2OS/c1-14-5-6-15(17-9-10-29-13-17)11-18(14)16-7-8-21(26-12-16)27-23(28)22-19(24)3-2-4-20(22)25/h2-13H,1H3,(H,26,27,28). The third kappa shape index (κ3) is 3.93. The number of nitrogens with one attached hydrogen (secondary N) is 1. The number of hydrogen-bond acceptors (Lipinski definition) is 3. The molecule has 0 aliphatic rings. The largest absolute Gasteiger partial charge is 0.306 e. The molecule has 0 aliphatic carbocycles. The molecule has 0 radical (unpaired) electrons. The highest BCUT2D eigenvalue weighted by molar-refractivity contribution is 7.08. The second kappa shape index (κ2) is 7.93. The molecule has 0 aliphatic heterocycles. The summed E-state index contributed by atoms with van der Waals surface area (Å²) in [5.41, 5.74) is 4.64. The van der Waals surface area contributed by atoms with E-state index in [1.54, 1.807) is 23.6 Å². The van der Waals surface area contributed by atoms with Gasteiger partial charge in [-0.2, -0.15) is 11.3 Å². The van der Waals surface area contributed by atoms with E-state index in [0.717, 1.165) is 39.9 Å². The third-order valence-corrected chi connectivity index (χ3v) is 5.28. The first-order chi connectivity index (χ1) is 14.0. The van der Waals surface area contributed by atoms with Crippen LogP contribution in [0.1, 0.15) is 15.9 Å². The van der Waals surface area contributed by atoms with E-state index in [0.29, 0.717) is 0 Å². The number of hydrogen-bond donors (Lipinski definition) is 1. The van der Waals surface area contributed by atoms with Gasteiger partial charge in [0.2, 0.25) is 0 Å². The Kier molecular flexibility index (Phi) is 5.18. The van der Waals surface area contributed by atoms with Crippen molar-refractivity contribution >= 4 is 23.1 Å². The van der Waals surface area contributed by atoms with Crippen LogP contribution in [0.2, 0.25) is 0 Å². The van der Waals surface area contributed by atoms with Crippen molar-refractivity contribution in [2.75, 3.05) is 5.32 Å². The first kappa shape index (κ1) is 19.0. The highest BCUT2D eigenvalue weighted by atomic mass is 32.1. The lowest BCUT2D eigenvalue weighted by Crippen LogP contribution is -2.16. The zero-order chi connectivity index (χ0) is 20.4. The van der Waals surface area contributed by atoms with Crippen molar-refractivity contribution in [2.45, 2.75) is 6.92 Å². The van der Waals surface area contributed by atoms with Gasteiger partial charge in [-0.3, -0.25) is 4.79 Å². The molecule has 2 aromatic carbocycles. The van der Waals surface area contributed by atoms with E-state index in [9.17, 15) is 13.6 Å². The molecule has 0 bridgehead atoms. The van der Waals surface area contributed by atoms with Crippen LogP contribution in [0.25, 0.3) is 22.3 Å². The summed E-state index contributed by atoms with van der Waals surface area (Å²) in [5.74, 6) is -2.50. The van der Waals surface area contributed by atoms with E-state index < -0.39 is 23.1 Å². The van der Waals surface area contributed by atoms with Crippen LogP contribution in [0.4, 0.5) is 14.6 Å². The summed E-state index contributed by atoms with van der Waals surface area (Å²) in [4.78, 5) is 16.4. The molecule has 1 N–H and O–H groups in total. The quantitative estimate of drug-likeness (QED) is 0.431. The van der Waals surface area contributed by atoms with Gasteiger partial charge in [0.15, 0.2) is 0 Å². The average Bonchev–Trinajstić information content (AvgIpc) is 3.24. The van der Waals surface area contributed by atoms with Crippen LogP contribution in [0.3, 0.4) is 0 Å². The molecule has 4 aromatic rings. The normalized spacial score (nSPS) is 10.7. The predicted octanol–water partition coefficient (Wildman–Crippen LogP) is 6.32. The number of aryl methyl sites for hydroxylation is 1. The number of aromatic nitrogens is 1. The first-order valence-corrected chi connectivity index (χ1v) is 9.82. The van der Waals surface area contributed by atoms with Crippen LogP contribution in [0.5, 0.6) is 0 Å². The number of benzene rings is 2. The fraction of sp³-hybridized carbons (Fsp3) is 0.0435. The van der Waals surface area contributed by atoms with E-state index >= 15 is 0 Å². The molecule has 2 heterocycles. The maximum absolute atomic E-state index is 13.8. The van der Waals surface area contributed by atoms with E-state index in [1.165, 1.54) is 6.07 Å². The summed E-state index contributed by atoms with van der Waals surface area (Å²) < 4.78 is 27.5. The minimum atomic E-state index is -0.917. The molecule has 2 aromatic heterocycles. The van der Waals surface area contributed by atoms with Crippen molar-refractivity contribution in [1.82, 2.24) is 4.98 Å². The van der Waals surface area contributed by atoms with E-state index in [2.05, 4.69) is 39.9 Å². The number of pyridine rings is 1. The fourth-order valence-corrected chi connectivity index (χ4v) is 3.73. The second-order valence-corrected chi connectivity index (χ2v) is 7.30. The van der Waals surface area contributed by atoms with Crippen LogP contribution in [0.15, 0.2) is 71.6 Å². The highest BCUT2D eigenvalue weighted by Crippen LogP contribution is 2.30. The van der Waals surface area contributed by atoms with Crippen molar-refractivity contribution in [2.24, 2.45) is 0 Å². The van der Waals surface area contributed by atoms with Gasteiger partial charge in [0.1, 0.15) is 23.0 Å². The summed E-state index contributed by atoms with van der Waals surface area (Å²) in [6, 6.07) is 15.0. The van der Waals surface area contributed by atoms with Gasteiger partial charge in [-0.05, 0) is 76.3 Å². The SMILES string of the molecule is Cc1ccc(-c2ccsc2)cc1-c1ccc(NC(=O)c2c(F)cccc2F)nc1. The molecular formula is C23H16F2N2OS. The number of carbonyl (C=O) groups is 1. The summed E-state index contributed by atoms with van der Waals surface area (Å²) in [6.07, 6.45) is 1.63. The monoisotopic (exact) mass is 406 g/mol. The van der Waals surface area contributed by atoms with E-state index in [4.69, 9.17) is 0 Å². The molecule has 1 amide bonds. The summed E-state index contributed by atoms with van der Waals surface area (Å²) in [7, 11) is 0. The first-order valence-electron chi connectivity index (χ1n) is 8.88. The van der Waals surface area contributed by atoms with Crippen molar-refractivity contribution in [3.05, 3.63) is 94.3 Å². The predicted molar refractivity (Wildman–Crippen MR) is 112 cm³/mol. The molecule has 29 heavy (non-hydrogen) atoms. The number of rotatable bonds is 4. The minimum Gasteiger partial charge on any atom is -0.306 e. The van der Waals surface area contributed by atoms with Crippen molar-refractivity contribution in [3.63, 3.8) is 0 Å². The fourth-order valence-electron chi connectivity index (χ4n) is 3.06. The summed E-state index contributed by atoms with van der Waals surface area (Å²) in [6.45, 7) is 2.02. The van der Waals surface area contributed by atoms with Crippen LogP contribution in [0, 0.1) is 18.6 Å². The molecule has 6 heteroatoms. The van der Waals surface area contributed by atoms with Gasteiger partial charge in [-0.15, -0.1) is 0 Å². The van der Waals surface area contributed by atoms with E-state index in [1.807, 2.05) is 18.4 Å². The number of halogens is 2. The molecule has 144 valence electrons. The third-order valence-electron chi connectivity index (χ3n) is 4.60. The molecule has 0 saturated carbocycles. The van der Waals surface area contributed by atoms with Gasteiger partial charge in [-0.25, -0.2) is 13.8 Å². The molecule has 0 unspecified atom stereocenters. The Balaban J connectivity index is 1.59. The molecule has 0 fully saturated rings. The van der Waals surface area contributed by atoms with Crippen LogP contribution < -0.4 is 5.32 Å². The Hall–Kier alpha value is -3.38. The van der Waals surface area contributed by atoms with Crippen molar-refractivity contribution < 1.29 is 13.6 Å². The Morgan fingerprint density at radius 1 is 0.966 bits per heavy atom. The van der Waals surface area contributed by atoms with Crippen LogP contribution >= 0.6 is 11.3 Å². The molecular weight excluding hydrogens is 390 g/mol. The van der Waals surface area contributed by atoms with Gasteiger partial charge < -0.3 is 5.32 Å². The van der Waals surface area contributed by atoms with Crippen molar-refractivity contribution in [3.8, 4) is 22.3 Å². The van der Waals surface area contributed by atoms with Gasteiger partial charge in [-0.1, -0.05) is 18.2 Å². The maximum atomic E-state index is 13.8. The average molecular weight is 406 g/mol. The molecule has 3 nitrogen and oxygen atoms in total. The zero-order valence-corrected chi connectivity index (χ0v) is 16.3. The lowest BCUT2D eigenvalue weighted by Gasteiger charge is -2.10.